The monoisotopic (exact) mass is 356 g/mol. The first-order valence-electron chi connectivity index (χ1n) is 8.37. The van der Waals surface area contributed by atoms with Crippen molar-refractivity contribution in [1.29, 1.82) is 0 Å². The van der Waals surface area contributed by atoms with E-state index in [9.17, 15) is 0 Å². The summed E-state index contributed by atoms with van der Waals surface area (Å²) in [6.07, 6.45) is 3.72. The Balaban J connectivity index is 1.78. The van der Waals surface area contributed by atoms with Gasteiger partial charge in [-0.05, 0) is 53.8 Å². The number of thiophene rings is 1. The van der Waals surface area contributed by atoms with Crippen LogP contribution in [0, 0.1) is 6.92 Å². The number of nitrogens with zero attached hydrogens (tertiary/aromatic N) is 2. The number of nitrogen functional groups attached to an aromatic ring is 1. The maximum atomic E-state index is 5.82. The van der Waals surface area contributed by atoms with Crippen molar-refractivity contribution in [3.8, 4) is 21.6 Å². The SMILES string of the molecule is Cc1cc(N)ncc1-c1cc(-c2cc3ccccc3s2)c2[nH]ncc2c1. The normalized spacial score (nSPS) is 11.4. The number of nitrogens with one attached hydrogen (secondary N) is 1. The van der Waals surface area contributed by atoms with Crippen molar-refractivity contribution in [3.05, 3.63) is 66.5 Å². The van der Waals surface area contributed by atoms with Gasteiger partial charge in [-0.3, -0.25) is 5.10 Å². The molecule has 0 bridgehead atoms. The standard InChI is InChI=1S/C21H16N4S/c1-12-6-20(22)23-11-17(12)14-7-15-10-24-25-21(15)16(8-14)19-9-13-4-2-3-5-18(13)26-19/h2-11H,1H3,(H2,22,23)(H,24,25). The number of anilines is 1. The van der Waals surface area contributed by atoms with Crippen LogP contribution in [0.1, 0.15) is 5.56 Å². The predicted molar refractivity (Wildman–Crippen MR) is 109 cm³/mol. The summed E-state index contributed by atoms with van der Waals surface area (Å²) in [6, 6.07) is 17.0. The van der Waals surface area contributed by atoms with E-state index in [1.54, 1.807) is 11.3 Å². The molecule has 0 atom stereocenters. The first-order chi connectivity index (χ1) is 12.7. The fourth-order valence-electron chi connectivity index (χ4n) is 3.40. The minimum atomic E-state index is 0.542. The number of nitrogens with two attached hydrogens (primary N) is 1. The number of aryl methyl sites for hydroxylation is 1. The van der Waals surface area contributed by atoms with E-state index in [1.807, 2.05) is 18.5 Å². The van der Waals surface area contributed by atoms with E-state index in [0.29, 0.717) is 5.82 Å². The fourth-order valence-corrected chi connectivity index (χ4v) is 4.49. The molecular weight excluding hydrogens is 340 g/mol. The molecular formula is C21H16N4S. The van der Waals surface area contributed by atoms with E-state index >= 15 is 0 Å². The molecule has 3 aromatic heterocycles. The van der Waals surface area contributed by atoms with E-state index in [-0.39, 0.29) is 0 Å². The third-order valence-electron chi connectivity index (χ3n) is 4.68. The summed E-state index contributed by atoms with van der Waals surface area (Å²) < 4.78 is 1.28. The predicted octanol–water partition coefficient (Wildman–Crippen LogP) is 5.40. The van der Waals surface area contributed by atoms with Crippen molar-refractivity contribution in [3.63, 3.8) is 0 Å². The summed E-state index contributed by atoms with van der Waals surface area (Å²) in [5.74, 6) is 0.542. The van der Waals surface area contributed by atoms with Crippen molar-refractivity contribution in [1.82, 2.24) is 15.2 Å². The highest BCUT2D eigenvalue weighted by Gasteiger charge is 2.13. The molecule has 0 spiro atoms. The Bertz CT molecular complexity index is 1230. The molecule has 2 aromatic carbocycles. The van der Waals surface area contributed by atoms with E-state index in [2.05, 4.69) is 64.6 Å². The Labute approximate surface area is 154 Å². The average molecular weight is 356 g/mol. The van der Waals surface area contributed by atoms with Crippen LogP contribution in [0.5, 0.6) is 0 Å². The fraction of sp³-hybridized carbons (Fsp3) is 0.0476. The molecule has 5 rings (SSSR count). The third kappa shape index (κ3) is 2.36. The number of fused-ring (bicyclic) bond motifs is 2. The van der Waals surface area contributed by atoms with E-state index in [0.717, 1.165) is 33.2 Å². The summed E-state index contributed by atoms with van der Waals surface area (Å²) in [6.45, 7) is 2.06. The first kappa shape index (κ1) is 15.1. The molecule has 0 aliphatic rings. The zero-order chi connectivity index (χ0) is 17.7. The van der Waals surface area contributed by atoms with Crippen molar-refractivity contribution in [2.24, 2.45) is 0 Å². The molecule has 0 amide bonds. The molecule has 26 heavy (non-hydrogen) atoms. The largest absolute Gasteiger partial charge is 0.384 e. The molecule has 0 unspecified atom stereocenters. The number of aromatic nitrogens is 3. The van der Waals surface area contributed by atoms with Gasteiger partial charge >= 0.3 is 0 Å². The molecule has 0 fully saturated rings. The van der Waals surface area contributed by atoms with Gasteiger partial charge in [-0.15, -0.1) is 11.3 Å². The van der Waals surface area contributed by atoms with Gasteiger partial charge in [0.2, 0.25) is 0 Å². The maximum absolute atomic E-state index is 5.82. The number of aromatic amines is 1. The van der Waals surface area contributed by atoms with Gasteiger partial charge in [0.05, 0.1) is 11.7 Å². The van der Waals surface area contributed by atoms with Crippen LogP contribution < -0.4 is 5.73 Å². The molecule has 0 aliphatic carbocycles. The summed E-state index contributed by atoms with van der Waals surface area (Å²) >= 11 is 1.80. The van der Waals surface area contributed by atoms with Gasteiger partial charge in [0.15, 0.2) is 0 Å². The van der Waals surface area contributed by atoms with Gasteiger partial charge in [0, 0.05) is 32.3 Å². The highest BCUT2D eigenvalue weighted by molar-refractivity contribution is 7.22. The van der Waals surface area contributed by atoms with Crippen LogP contribution in [-0.2, 0) is 0 Å². The number of H-pyrrole nitrogens is 1. The Morgan fingerprint density at radius 2 is 1.85 bits per heavy atom. The Kier molecular flexibility index (Phi) is 3.30. The van der Waals surface area contributed by atoms with Gasteiger partial charge < -0.3 is 5.73 Å². The van der Waals surface area contributed by atoms with E-state index < -0.39 is 0 Å². The quantitative estimate of drug-likeness (QED) is 0.445. The lowest BCUT2D eigenvalue weighted by atomic mass is 9.98. The van der Waals surface area contributed by atoms with E-state index in [1.165, 1.54) is 15.0 Å². The maximum Gasteiger partial charge on any atom is 0.123 e. The molecule has 0 radical (unpaired) electrons. The number of hydrogen-bond donors (Lipinski definition) is 2. The minimum absolute atomic E-state index is 0.542. The lowest BCUT2D eigenvalue weighted by molar-refractivity contribution is 1.12. The summed E-state index contributed by atoms with van der Waals surface area (Å²) in [4.78, 5) is 5.50. The Morgan fingerprint density at radius 3 is 2.69 bits per heavy atom. The Morgan fingerprint density at radius 1 is 0.962 bits per heavy atom. The second-order valence-corrected chi connectivity index (χ2v) is 7.51. The molecule has 126 valence electrons. The zero-order valence-electron chi connectivity index (χ0n) is 14.2. The molecule has 5 heteroatoms. The molecule has 0 saturated heterocycles. The van der Waals surface area contributed by atoms with Crippen LogP contribution >= 0.6 is 11.3 Å². The zero-order valence-corrected chi connectivity index (χ0v) is 15.0. The topological polar surface area (TPSA) is 67.6 Å². The van der Waals surface area contributed by atoms with Crippen molar-refractivity contribution in [2.45, 2.75) is 6.92 Å². The molecule has 0 aliphatic heterocycles. The molecule has 0 saturated carbocycles. The number of pyridine rings is 1. The van der Waals surface area contributed by atoms with Crippen LogP contribution in [0.4, 0.5) is 5.82 Å². The van der Waals surface area contributed by atoms with Crippen LogP contribution in [-0.4, -0.2) is 15.2 Å². The van der Waals surface area contributed by atoms with Crippen LogP contribution in [0.2, 0.25) is 0 Å². The minimum Gasteiger partial charge on any atom is -0.384 e. The second-order valence-electron chi connectivity index (χ2n) is 6.43. The summed E-state index contributed by atoms with van der Waals surface area (Å²) in [7, 11) is 0. The molecule has 5 aromatic rings. The lowest BCUT2D eigenvalue weighted by Gasteiger charge is -2.09. The van der Waals surface area contributed by atoms with Crippen LogP contribution in [0.3, 0.4) is 0 Å². The third-order valence-corrected chi connectivity index (χ3v) is 5.83. The lowest BCUT2D eigenvalue weighted by Crippen LogP contribution is -1.93. The number of rotatable bonds is 2. The Hall–Kier alpha value is -3.18. The van der Waals surface area contributed by atoms with Crippen molar-refractivity contribution < 1.29 is 0 Å². The van der Waals surface area contributed by atoms with E-state index in [4.69, 9.17) is 5.73 Å². The molecule has 3 heterocycles. The van der Waals surface area contributed by atoms with Crippen LogP contribution in [0.25, 0.3) is 42.6 Å². The summed E-state index contributed by atoms with van der Waals surface area (Å²) in [5.41, 5.74) is 11.4. The van der Waals surface area contributed by atoms with Crippen molar-refractivity contribution >= 4 is 38.1 Å². The molecule has 3 N–H and O–H groups in total. The second kappa shape index (κ2) is 5.68. The number of hydrogen-bond acceptors (Lipinski definition) is 4. The molecule has 4 nitrogen and oxygen atoms in total. The van der Waals surface area contributed by atoms with Gasteiger partial charge in [-0.1, -0.05) is 18.2 Å². The highest BCUT2D eigenvalue weighted by atomic mass is 32.1. The van der Waals surface area contributed by atoms with Crippen LogP contribution in [0.15, 0.2) is 60.9 Å². The van der Waals surface area contributed by atoms with Gasteiger partial charge in [0.25, 0.3) is 0 Å². The first-order valence-corrected chi connectivity index (χ1v) is 9.19. The summed E-state index contributed by atoms with van der Waals surface area (Å²) in [5, 5.41) is 9.76. The smallest absolute Gasteiger partial charge is 0.123 e. The highest BCUT2D eigenvalue weighted by Crippen LogP contribution is 2.39. The number of benzene rings is 2. The average Bonchev–Trinajstić information content (AvgIpc) is 3.27. The van der Waals surface area contributed by atoms with Gasteiger partial charge in [0.1, 0.15) is 5.82 Å². The van der Waals surface area contributed by atoms with Crippen molar-refractivity contribution in [2.75, 3.05) is 5.73 Å². The van der Waals surface area contributed by atoms with Gasteiger partial charge in [-0.25, -0.2) is 4.98 Å². The van der Waals surface area contributed by atoms with Gasteiger partial charge in [-0.2, -0.15) is 5.10 Å².